The van der Waals surface area contributed by atoms with Crippen molar-refractivity contribution < 1.29 is 9.90 Å². The quantitative estimate of drug-likeness (QED) is 0.735. The third-order valence-electron chi connectivity index (χ3n) is 3.43. The summed E-state index contributed by atoms with van der Waals surface area (Å²) >= 11 is 7.21. The van der Waals surface area contributed by atoms with Gasteiger partial charge in [0.05, 0.1) is 23.7 Å². The Labute approximate surface area is 134 Å². The van der Waals surface area contributed by atoms with Crippen LogP contribution in [0.3, 0.4) is 0 Å². The predicted molar refractivity (Wildman–Crippen MR) is 84.0 cm³/mol. The maximum atomic E-state index is 12.6. The van der Waals surface area contributed by atoms with E-state index in [1.807, 2.05) is 17.5 Å². The summed E-state index contributed by atoms with van der Waals surface area (Å²) < 4.78 is 1.07. The van der Waals surface area contributed by atoms with Gasteiger partial charge in [0.2, 0.25) is 0 Å². The van der Waals surface area contributed by atoms with Crippen LogP contribution in [0.25, 0.3) is 21.3 Å². The maximum Gasteiger partial charge on any atom is 0.263 e. The first-order chi connectivity index (χ1) is 10.5. The van der Waals surface area contributed by atoms with Crippen molar-refractivity contribution >= 4 is 39.1 Å². The van der Waals surface area contributed by atoms with E-state index in [9.17, 15) is 14.7 Å². The van der Waals surface area contributed by atoms with Crippen molar-refractivity contribution in [2.75, 3.05) is 0 Å². The summed E-state index contributed by atoms with van der Waals surface area (Å²) in [5.41, 5.74) is 1.15. The first-order valence-electron chi connectivity index (χ1n) is 6.44. The summed E-state index contributed by atoms with van der Waals surface area (Å²) in [5.74, 6) is -1.33. The SMILES string of the molecule is C[C@@H](C(=O)[O-])n1cnc2scc(-c3ccc(Cl)cc3)c2c1=O. The second kappa shape index (κ2) is 5.55. The van der Waals surface area contributed by atoms with Crippen LogP contribution in [0.2, 0.25) is 5.02 Å². The summed E-state index contributed by atoms with van der Waals surface area (Å²) in [5, 5.41) is 13.8. The first-order valence-corrected chi connectivity index (χ1v) is 7.70. The monoisotopic (exact) mass is 333 g/mol. The standard InChI is InChI=1S/C15H11ClN2O3S/c1-8(15(20)21)18-7-17-13-12(14(18)19)11(6-22-13)9-2-4-10(16)5-3-9/h2-8H,1H3,(H,20,21)/p-1/t8-/m0/s1. The molecule has 2 aromatic heterocycles. The van der Waals surface area contributed by atoms with Crippen LogP contribution in [-0.2, 0) is 4.79 Å². The number of benzene rings is 1. The zero-order chi connectivity index (χ0) is 15.9. The molecule has 5 nitrogen and oxygen atoms in total. The third kappa shape index (κ3) is 2.40. The highest BCUT2D eigenvalue weighted by atomic mass is 35.5. The molecule has 0 unspecified atom stereocenters. The van der Waals surface area contributed by atoms with Crippen LogP contribution < -0.4 is 10.7 Å². The van der Waals surface area contributed by atoms with Gasteiger partial charge in [0.1, 0.15) is 4.83 Å². The van der Waals surface area contributed by atoms with E-state index in [0.29, 0.717) is 20.8 Å². The molecule has 0 N–H and O–H groups in total. The van der Waals surface area contributed by atoms with Crippen LogP contribution in [-0.4, -0.2) is 15.5 Å². The molecule has 0 radical (unpaired) electrons. The molecule has 22 heavy (non-hydrogen) atoms. The Bertz CT molecular complexity index is 915. The maximum absolute atomic E-state index is 12.6. The van der Waals surface area contributed by atoms with Gasteiger partial charge in [-0.3, -0.25) is 9.36 Å². The Morgan fingerprint density at radius 3 is 2.68 bits per heavy atom. The Balaban J connectivity index is 2.25. The molecule has 1 atom stereocenters. The van der Waals surface area contributed by atoms with E-state index in [0.717, 1.165) is 10.1 Å². The average molecular weight is 334 g/mol. The van der Waals surface area contributed by atoms with Gasteiger partial charge in [-0.25, -0.2) is 4.98 Å². The highest BCUT2D eigenvalue weighted by molar-refractivity contribution is 7.17. The minimum absolute atomic E-state index is 0.395. The lowest BCUT2D eigenvalue weighted by molar-refractivity contribution is -0.309. The smallest absolute Gasteiger partial charge is 0.263 e. The molecule has 2 heterocycles. The van der Waals surface area contributed by atoms with Crippen LogP contribution in [0, 0.1) is 0 Å². The van der Waals surface area contributed by atoms with Crippen molar-refractivity contribution in [3.63, 3.8) is 0 Å². The molecule has 0 aliphatic carbocycles. The predicted octanol–water partition coefficient (Wildman–Crippen LogP) is 2.09. The Morgan fingerprint density at radius 1 is 1.36 bits per heavy atom. The number of hydrogen-bond donors (Lipinski definition) is 0. The molecular weight excluding hydrogens is 324 g/mol. The number of carbonyl (C=O) groups is 1. The fourth-order valence-corrected chi connectivity index (χ4v) is 3.21. The summed E-state index contributed by atoms with van der Waals surface area (Å²) in [6.07, 6.45) is 1.24. The van der Waals surface area contributed by atoms with Gasteiger partial charge >= 0.3 is 0 Å². The zero-order valence-electron chi connectivity index (χ0n) is 11.4. The highest BCUT2D eigenvalue weighted by Crippen LogP contribution is 2.31. The van der Waals surface area contributed by atoms with E-state index < -0.39 is 17.6 Å². The molecule has 0 fully saturated rings. The van der Waals surface area contributed by atoms with E-state index in [2.05, 4.69) is 4.98 Å². The van der Waals surface area contributed by atoms with Crippen LogP contribution in [0.1, 0.15) is 13.0 Å². The number of rotatable bonds is 3. The minimum atomic E-state index is -1.33. The van der Waals surface area contributed by atoms with Gasteiger partial charge in [0, 0.05) is 16.0 Å². The molecule has 0 spiro atoms. The molecule has 0 bridgehead atoms. The molecule has 3 aromatic rings. The van der Waals surface area contributed by atoms with Gasteiger partial charge in [0.15, 0.2) is 0 Å². The number of carboxylic acid groups (broad SMARTS) is 1. The fraction of sp³-hybridized carbons (Fsp3) is 0.133. The van der Waals surface area contributed by atoms with Crippen molar-refractivity contribution in [3.8, 4) is 11.1 Å². The van der Waals surface area contributed by atoms with Crippen LogP contribution in [0.5, 0.6) is 0 Å². The zero-order valence-corrected chi connectivity index (χ0v) is 13.0. The number of carbonyl (C=O) groups excluding carboxylic acids is 1. The molecular formula is C15H10ClN2O3S-. The van der Waals surface area contributed by atoms with Crippen molar-refractivity contribution in [1.82, 2.24) is 9.55 Å². The fourth-order valence-electron chi connectivity index (χ4n) is 2.18. The van der Waals surface area contributed by atoms with Crippen molar-refractivity contribution in [2.24, 2.45) is 0 Å². The van der Waals surface area contributed by atoms with Crippen molar-refractivity contribution in [1.29, 1.82) is 0 Å². The molecule has 0 aliphatic rings. The number of carboxylic acids is 1. The molecule has 0 saturated heterocycles. The van der Waals surface area contributed by atoms with Gasteiger partial charge in [-0.05, 0) is 24.6 Å². The van der Waals surface area contributed by atoms with E-state index in [1.54, 1.807) is 12.1 Å². The van der Waals surface area contributed by atoms with Gasteiger partial charge in [-0.1, -0.05) is 23.7 Å². The molecule has 7 heteroatoms. The van der Waals surface area contributed by atoms with Crippen molar-refractivity contribution in [2.45, 2.75) is 13.0 Å². The number of aliphatic carboxylic acids is 1. The largest absolute Gasteiger partial charge is 0.548 e. The van der Waals surface area contributed by atoms with E-state index >= 15 is 0 Å². The van der Waals surface area contributed by atoms with Gasteiger partial charge in [0.25, 0.3) is 5.56 Å². The van der Waals surface area contributed by atoms with Crippen molar-refractivity contribution in [3.05, 3.63) is 51.3 Å². The molecule has 0 aliphatic heterocycles. The lowest BCUT2D eigenvalue weighted by Gasteiger charge is -2.15. The minimum Gasteiger partial charge on any atom is -0.548 e. The second-order valence-electron chi connectivity index (χ2n) is 4.79. The second-order valence-corrected chi connectivity index (χ2v) is 6.08. The number of aromatic nitrogens is 2. The van der Waals surface area contributed by atoms with E-state index in [4.69, 9.17) is 11.6 Å². The third-order valence-corrected chi connectivity index (χ3v) is 4.57. The normalized spacial score (nSPS) is 12.5. The number of nitrogens with zero attached hydrogens (tertiary/aromatic N) is 2. The summed E-state index contributed by atoms with van der Waals surface area (Å²) in [4.78, 5) is 28.4. The molecule has 0 saturated carbocycles. The number of fused-ring (bicyclic) bond motifs is 1. The Morgan fingerprint density at radius 2 is 2.05 bits per heavy atom. The summed E-state index contributed by atoms with van der Waals surface area (Å²) in [7, 11) is 0. The van der Waals surface area contributed by atoms with Gasteiger partial charge < -0.3 is 9.90 Å². The molecule has 3 rings (SSSR count). The average Bonchev–Trinajstić information content (AvgIpc) is 2.92. The topological polar surface area (TPSA) is 75.0 Å². The molecule has 1 aromatic carbocycles. The van der Waals surface area contributed by atoms with Gasteiger partial charge in [-0.2, -0.15) is 0 Å². The Hall–Kier alpha value is -2.18. The molecule has 112 valence electrons. The van der Waals surface area contributed by atoms with Crippen LogP contribution in [0.15, 0.2) is 40.8 Å². The van der Waals surface area contributed by atoms with E-state index in [-0.39, 0.29) is 0 Å². The lowest BCUT2D eigenvalue weighted by atomic mass is 10.1. The molecule has 0 amide bonds. The van der Waals surface area contributed by atoms with Gasteiger partial charge in [-0.15, -0.1) is 11.3 Å². The number of halogens is 1. The first kappa shape index (κ1) is 14.7. The van der Waals surface area contributed by atoms with E-state index in [1.165, 1.54) is 24.6 Å². The summed E-state index contributed by atoms with van der Waals surface area (Å²) in [6.45, 7) is 1.39. The van der Waals surface area contributed by atoms with Crippen LogP contribution in [0.4, 0.5) is 0 Å². The number of hydrogen-bond acceptors (Lipinski definition) is 5. The summed E-state index contributed by atoms with van der Waals surface area (Å²) in [6, 6.07) is 6.01. The number of thiophene rings is 1. The van der Waals surface area contributed by atoms with Crippen LogP contribution >= 0.6 is 22.9 Å². The highest BCUT2D eigenvalue weighted by Gasteiger charge is 2.16. The Kier molecular flexibility index (Phi) is 3.72. The lowest BCUT2D eigenvalue weighted by Crippen LogP contribution is -2.36.